The van der Waals surface area contributed by atoms with E-state index in [1.54, 1.807) is 18.7 Å². The van der Waals surface area contributed by atoms with Crippen molar-refractivity contribution >= 4 is 18.0 Å². The zero-order valence-electron chi connectivity index (χ0n) is 18.6. The molecule has 0 unspecified atom stereocenters. The number of nitrogens with zero attached hydrogens (tertiary/aromatic N) is 1. The Morgan fingerprint density at radius 2 is 1.70 bits per heavy atom. The van der Waals surface area contributed by atoms with E-state index in [0.29, 0.717) is 25.9 Å². The molecule has 2 rings (SSSR count). The Morgan fingerprint density at radius 1 is 1.10 bits per heavy atom. The number of hydrogen-bond acceptors (Lipinski definition) is 5. The molecule has 0 spiro atoms. The van der Waals surface area contributed by atoms with E-state index >= 15 is 0 Å². The maximum Gasteiger partial charge on any atom is 0.410 e. The van der Waals surface area contributed by atoms with Gasteiger partial charge in [0.1, 0.15) is 5.60 Å². The number of carbonyl (C=O) groups excluding carboxylic acids is 3. The third-order valence-electron chi connectivity index (χ3n) is 4.77. The first-order chi connectivity index (χ1) is 14.0. The highest BCUT2D eigenvalue weighted by Gasteiger charge is 2.31. The molecule has 1 aliphatic heterocycles. The van der Waals surface area contributed by atoms with Crippen LogP contribution >= 0.6 is 0 Å². The second-order valence-electron chi connectivity index (χ2n) is 8.96. The molecule has 1 aliphatic rings. The molecule has 0 saturated carbocycles. The molecule has 2 amide bonds. The molecule has 1 saturated heterocycles. The Balaban J connectivity index is 1.96. The van der Waals surface area contributed by atoms with Gasteiger partial charge in [-0.2, -0.15) is 0 Å². The molecule has 1 aromatic carbocycles. The highest BCUT2D eigenvalue weighted by atomic mass is 16.6. The van der Waals surface area contributed by atoms with E-state index < -0.39 is 11.6 Å². The van der Waals surface area contributed by atoms with Crippen molar-refractivity contribution in [1.29, 1.82) is 0 Å². The highest BCUT2D eigenvalue weighted by molar-refractivity contribution is 5.80. The lowest BCUT2D eigenvalue weighted by atomic mass is 9.94. The Hall–Kier alpha value is -2.57. The summed E-state index contributed by atoms with van der Waals surface area (Å²) < 4.78 is 10.7. The molecule has 0 radical (unpaired) electrons. The lowest BCUT2D eigenvalue weighted by molar-refractivity contribution is -0.148. The summed E-state index contributed by atoms with van der Waals surface area (Å²) in [5.74, 6) is -0.667. The average Bonchev–Trinajstić information content (AvgIpc) is 2.66. The van der Waals surface area contributed by atoms with Crippen LogP contribution in [0, 0.1) is 5.92 Å². The normalized spacial score (nSPS) is 16.1. The van der Waals surface area contributed by atoms with E-state index in [9.17, 15) is 14.4 Å². The fraction of sp³-hybridized carbons (Fsp3) is 0.609. The number of benzene rings is 1. The molecule has 0 aromatic heterocycles. The molecule has 0 bridgehead atoms. The maximum atomic E-state index is 12.9. The standard InChI is InChI=1S/C23H34N2O5/c1-16(2)29-20(26)15-19(17-9-7-6-8-10-17)24-21(27)18-11-13-25(14-12-18)22(28)30-23(3,4)5/h6-10,16,18-19H,11-15H2,1-5H3,(H,24,27)/t19-/m1/s1. The van der Waals surface area contributed by atoms with E-state index in [-0.39, 0.29) is 36.4 Å². The number of amides is 2. The van der Waals surface area contributed by atoms with Crippen molar-refractivity contribution in [3.63, 3.8) is 0 Å². The number of esters is 1. The first-order valence-electron chi connectivity index (χ1n) is 10.6. The molecule has 1 fully saturated rings. The molecule has 1 N–H and O–H groups in total. The summed E-state index contributed by atoms with van der Waals surface area (Å²) in [6.07, 6.45) is 0.637. The lowest BCUT2D eigenvalue weighted by Crippen LogP contribution is -2.45. The summed E-state index contributed by atoms with van der Waals surface area (Å²) in [5, 5.41) is 3.02. The average molecular weight is 419 g/mol. The van der Waals surface area contributed by atoms with Gasteiger partial charge < -0.3 is 19.7 Å². The van der Waals surface area contributed by atoms with Crippen LogP contribution in [0.25, 0.3) is 0 Å². The quantitative estimate of drug-likeness (QED) is 0.710. The minimum atomic E-state index is -0.543. The summed E-state index contributed by atoms with van der Waals surface area (Å²) in [5.41, 5.74) is 0.316. The second kappa shape index (κ2) is 10.5. The van der Waals surface area contributed by atoms with E-state index in [0.717, 1.165) is 5.56 Å². The van der Waals surface area contributed by atoms with E-state index in [1.807, 2.05) is 51.1 Å². The lowest BCUT2D eigenvalue weighted by Gasteiger charge is -2.33. The van der Waals surface area contributed by atoms with Gasteiger partial charge in [-0.3, -0.25) is 9.59 Å². The summed E-state index contributed by atoms with van der Waals surface area (Å²) in [4.78, 5) is 38.9. The molecule has 1 aromatic rings. The van der Waals surface area contributed by atoms with Gasteiger partial charge in [0.2, 0.25) is 5.91 Å². The van der Waals surface area contributed by atoms with Crippen molar-refractivity contribution in [3.05, 3.63) is 35.9 Å². The third kappa shape index (κ3) is 7.69. The smallest absolute Gasteiger partial charge is 0.410 e. The number of likely N-dealkylation sites (tertiary alicyclic amines) is 1. The Bertz CT molecular complexity index is 719. The Labute approximate surface area is 179 Å². The van der Waals surface area contributed by atoms with Gasteiger partial charge in [0.05, 0.1) is 18.6 Å². The fourth-order valence-corrected chi connectivity index (χ4v) is 3.36. The Morgan fingerprint density at radius 3 is 2.23 bits per heavy atom. The largest absolute Gasteiger partial charge is 0.463 e. The van der Waals surface area contributed by atoms with E-state index in [2.05, 4.69) is 5.32 Å². The van der Waals surface area contributed by atoms with Crippen LogP contribution < -0.4 is 5.32 Å². The van der Waals surface area contributed by atoms with Gasteiger partial charge in [0, 0.05) is 19.0 Å². The van der Waals surface area contributed by atoms with Crippen molar-refractivity contribution in [1.82, 2.24) is 10.2 Å². The fourth-order valence-electron chi connectivity index (χ4n) is 3.36. The van der Waals surface area contributed by atoms with Crippen LogP contribution in [0.2, 0.25) is 0 Å². The first-order valence-corrected chi connectivity index (χ1v) is 10.6. The molecule has 166 valence electrons. The molecular formula is C23H34N2O5. The van der Waals surface area contributed by atoms with E-state index in [1.165, 1.54) is 0 Å². The van der Waals surface area contributed by atoms with Crippen molar-refractivity contribution in [2.45, 2.75) is 71.6 Å². The number of rotatable bonds is 6. The molecule has 30 heavy (non-hydrogen) atoms. The third-order valence-corrected chi connectivity index (χ3v) is 4.77. The molecule has 7 nitrogen and oxygen atoms in total. The topological polar surface area (TPSA) is 84.9 Å². The van der Waals surface area contributed by atoms with Crippen LogP contribution in [0.4, 0.5) is 4.79 Å². The highest BCUT2D eigenvalue weighted by Crippen LogP contribution is 2.23. The van der Waals surface area contributed by atoms with Crippen LogP contribution in [0.15, 0.2) is 30.3 Å². The molecule has 7 heteroatoms. The molecule has 0 aliphatic carbocycles. The van der Waals surface area contributed by atoms with Crippen molar-refractivity contribution in [2.24, 2.45) is 5.92 Å². The van der Waals surface area contributed by atoms with Crippen LogP contribution in [0.3, 0.4) is 0 Å². The second-order valence-corrected chi connectivity index (χ2v) is 8.96. The van der Waals surface area contributed by atoms with E-state index in [4.69, 9.17) is 9.47 Å². The first kappa shape index (κ1) is 23.7. The summed E-state index contributed by atoms with van der Waals surface area (Å²) in [6, 6.07) is 8.97. The van der Waals surface area contributed by atoms with Crippen molar-refractivity contribution < 1.29 is 23.9 Å². The van der Waals surface area contributed by atoms with Gasteiger partial charge >= 0.3 is 12.1 Å². The summed E-state index contributed by atoms with van der Waals surface area (Å²) >= 11 is 0. The monoisotopic (exact) mass is 418 g/mol. The van der Waals surface area contributed by atoms with Crippen molar-refractivity contribution in [3.8, 4) is 0 Å². The number of piperidine rings is 1. The predicted octanol–water partition coefficient (Wildman–Crippen LogP) is 3.83. The van der Waals surface area contributed by atoms with Gasteiger partial charge in [0.15, 0.2) is 0 Å². The van der Waals surface area contributed by atoms with Gasteiger partial charge in [-0.15, -0.1) is 0 Å². The van der Waals surface area contributed by atoms with Gasteiger partial charge in [-0.05, 0) is 53.0 Å². The zero-order chi connectivity index (χ0) is 22.3. The number of hydrogen-bond donors (Lipinski definition) is 1. The van der Waals surface area contributed by atoms with Gasteiger partial charge in [-0.25, -0.2) is 4.79 Å². The molecule has 1 atom stereocenters. The minimum Gasteiger partial charge on any atom is -0.463 e. The Kier molecular flexibility index (Phi) is 8.26. The maximum absolute atomic E-state index is 12.9. The van der Waals surface area contributed by atoms with Crippen LogP contribution in [0.5, 0.6) is 0 Å². The SMILES string of the molecule is CC(C)OC(=O)C[C@@H](NC(=O)C1CCN(C(=O)OC(C)(C)C)CC1)c1ccccc1. The molecular weight excluding hydrogens is 384 g/mol. The predicted molar refractivity (Wildman–Crippen MR) is 114 cm³/mol. The van der Waals surface area contributed by atoms with Crippen LogP contribution in [-0.2, 0) is 19.1 Å². The van der Waals surface area contributed by atoms with Gasteiger partial charge in [-0.1, -0.05) is 30.3 Å². The minimum absolute atomic E-state index is 0.0741. The number of carbonyl (C=O) groups is 3. The van der Waals surface area contributed by atoms with Crippen molar-refractivity contribution in [2.75, 3.05) is 13.1 Å². The summed E-state index contributed by atoms with van der Waals surface area (Å²) in [6.45, 7) is 10.0. The van der Waals surface area contributed by atoms with Crippen LogP contribution in [-0.4, -0.2) is 47.7 Å². The number of ether oxygens (including phenoxy) is 2. The van der Waals surface area contributed by atoms with Gasteiger partial charge in [0.25, 0.3) is 0 Å². The zero-order valence-corrected chi connectivity index (χ0v) is 18.6. The molecule has 1 heterocycles. The number of nitrogens with one attached hydrogen (secondary N) is 1. The summed E-state index contributed by atoms with van der Waals surface area (Å²) in [7, 11) is 0. The van der Waals surface area contributed by atoms with Crippen LogP contribution in [0.1, 0.15) is 65.5 Å².